The normalized spacial score (nSPS) is 15.5. The monoisotopic (exact) mass is 220 g/mol. The average molecular weight is 221 g/mol. The summed E-state index contributed by atoms with van der Waals surface area (Å²) in [5, 5.41) is 9.80. The molecule has 0 amide bonds. The zero-order valence-corrected chi connectivity index (χ0v) is 8.60. The van der Waals surface area contributed by atoms with Crippen LogP contribution in [0.15, 0.2) is 12.3 Å². The van der Waals surface area contributed by atoms with Crippen molar-refractivity contribution >= 4 is 23.2 Å². The molecule has 0 aliphatic carbocycles. The summed E-state index contributed by atoms with van der Waals surface area (Å²) in [4.78, 5) is 3.97. The fraction of sp³-hybridized carbons (Fsp3) is 0.375. The van der Waals surface area contributed by atoms with Gasteiger partial charge in [0, 0.05) is 6.20 Å². The maximum Gasteiger partial charge on any atom is 0.0810 e. The van der Waals surface area contributed by atoms with Crippen molar-refractivity contribution < 1.29 is 5.11 Å². The number of nitrogens with two attached hydrogens (primary N) is 1. The highest BCUT2D eigenvalue weighted by molar-refractivity contribution is 6.34. The third-order valence-electron chi connectivity index (χ3n) is 1.68. The molecule has 1 atom stereocenters. The Kier molecular flexibility index (Phi) is 3.14. The molecule has 13 heavy (non-hydrogen) atoms. The Morgan fingerprint density at radius 2 is 2.23 bits per heavy atom. The molecule has 5 heteroatoms. The SMILES string of the molecule is CC(N)(CO)c1ncc(Cl)cc1Cl. The number of aliphatic hydroxyl groups is 1. The summed E-state index contributed by atoms with van der Waals surface area (Å²) in [6.45, 7) is 1.43. The Morgan fingerprint density at radius 1 is 1.62 bits per heavy atom. The lowest BCUT2D eigenvalue weighted by Crippen LogP contribution is -2.38. The van der Waals surface area contributed by atoms with Gasteiger partial charge in [0.05, 0.1) is 27.9 Å². The lowest BCUT2D eigenvalue weighted by atomic mass is 10.00. The number of pyridine rings is 1. The van der Waals surface area contributed by atoms with Crippen molar-refractivity contribution in [3.05, 3.63) is 28.0 Å². The van der Waals surface area contributed by atoms with Crippen LogP contribution in [0.1, 0.15) is 12.6 Å². The van der Waals surface area contributed by atoms with E-state index in [4.69, 9.17) is 34.0 Å². The lowest BCUT2D eigenvalue weighted by Gasteiger charge is -2.21. The predicted octanol–water partition coefficient (Wildman–Crippen LogP) is 1.55. The molecular formula is C8H10Cl2N2O. The van der Waals surface area contributed by atoms with E-state index in [0.29, 0.717) is 15.7 Å². The van der Waals surface area contributed by atoms with E-state index >= 15 is 0 Å². The molecule has 0 saturated carbocycles. The van der Waals surface area contributed by atoms with Crippen LogP contribution in [0, 0.1) is 0 Å². The largest absolute Gasteiger partial charge is 0.394 e. The minimum atomic E-state index is -0.929. The molecule has 1 aromatic heterocycles. The summed E-state index contributed by atoms with van der Waals surface area (Å²) >= 11 is 11.5. The topological polar surface area (TPSA) is 59.1 Å². The second-order valence-corrected chi connectivity index (χ2v) is 3.90. The maximum atomic E-state index is 8.98. The summed E-state index contributed by atoms with van der Waals surface area (Å²) < 4.78 is 0. The van der Waals surface area contributed by atoms with Gasteiger partial charge in [0.25, 0.3) is 0 Å². The van der Waals surface area contributed by atoms with Gasteiger partial charge in [-0.15, -0.1) is 0 Å². The first-order chi connectivity index (χ1) is 5.97. The Balaban J connectivity index is 3.16. The molecular weight excluding hydrogens is 211 g/mol. The fourth-order valence-electron chi connectivity index (χ4n) is 0.910. The number of aliphatic hydroxyl groups excluding tert-OH is 1. The van der Waals surface area contributed by atoms with Crippen LogP contribution in [-0.2, 0) is 5.54 Å². The molecule has 0 radical (unpaired) electrons. The molecule has 3 N–H and O–H groups in total. The molecule has 0 bridgehead atoms. The van der Waals surface area contributed by atoms with Gasteiger partial charge in [0.2, 0.25) is 0 Å². The Morgan fingerprint density at radius 3 is 2.69 bits per heavy atom. The molecule has 1 unspecified atom stereocenters. The van der Waals surface area contributed by atoms with Gasteiger partial charge in [-0.05, 0) is 13.0 Å². The fourth-order valence-corrected chi connectivity index (χ4v) is 1.51. The van der Waals surface area contributed by atoms with Crippen molar-refractivity contribution in [3.8, 4) is 0 Å². The first-order valence-corrected chi connectivity index (χ1v) is 4.44. The molecule has 72 valence electrons. The maximum absolute atomic E-state index is 8.98. The second-order valence-electron chi connectivity index (χ2n) is 3.06. The summed E-state index contributed by atoms with van der Waals surface area (Å²) in [6, 6.07) is 1.55. The van der Waals surface area contributed by atoms with E-state index in [-0.39, 0.29) is 6.61 Å². The minimum absolute atomic E-state index is 0.221. The van der Waals surface area contributed by atoms with Crippen LogP contribution in [0.3, 0.4) is 0 Å². The molecule has 1 heterocycles. The van der Waals surface area contributed by atoms with Gasteiger partial charge in [0.15, 0.2) is 0 Å². The van der Waals surface area contributed by atoms with Crippen molar-refractivity contribution in [1.29, 1.82) is 0 Å². The van der Waals surface area contributed by atoms with Crippen LogP contribution in [0.4, 0.5) is 0 Å². The summed E-state index contributed by atoms with van der Waals surface area (Å²) in [5.41, 5.74) is 5.26. The van der Waals surface area contributed by atoms with Gasteiger partial charge in [-0.1, -0.05) is 23.2 Å². The second kappa shape index (κ2) is 3.80. The van der Waals surface area contributed by atoms with Crippen LogP contribution in [0.25, 0.3) is 0 Å². The van der Waals surface area contributed by atoms with Crippen LogP contribution in [0.2, 0.25) is 10.0 Å². The van der Waals surface area contributed by atoms with E-state index in [0.717, 1.165) is 0 Å². The number of hydrogen-bond donors (Lipinski definition) is 2. The first-order valence-electron chi connectivity index (χ1n) is 3.68. The number of halogens is 2. The van der Waals surface area contributed by atoms with Crippen molar-refractivity contribution in [2.75, 3.05) is 6.61 Å². The van der Waals surface area contributed by atoms with E-state index in [1.807, 2.05) is 0 Å². The van der Waals surface area contributed by atoms with Gasteiger partial charge in [-0.3, -0.25) is 4.98 Å². The van der Waals surface area contributed by atoms with Crippen LogP contribution >= 0.6 is 23.2 Å². The van der Waals surface area contributed by atoms with Crippen LogP contribution < -0.4 is 5.73 Å². The molecule has 1 aromatic rings. The minimum Gasteiger partial charge on any atom is -0.394 e. The van der Waals surface area contributed by atoms with Gasteiger partial charge in [0.1, 0.15) is 0 Å². The molecule has 0 aliphatic heterocycles. The highest BCUT2D eigenvalue weighted by Gasteiger charge is 2.24. The molecule has 1 rings (SSSR count). The molecule has 0 saturated heterocycles. The van der Waals surface area contributed by atoms with E-state index in [9.17, 15) is 0 Å². The predicted molar refractivity (Wildman–Crippen MR) is 52.9 cm³/mol. The van der Waals surface area contributed by atoms with E-state index < -0.39 is 5.54 Å². The lowest BCUT2D eigenvalue weighted by molar-refractivity contribution is 0.207. The molecule has 0 aromatic carbocycles. The van der Waals surface area contributed by atoms with Crippen molar-refractivity contribution in [3.63, 3.8) is 0 Å². The van der Waals surface area contributed by atoms with Crippen molar-refractivity contribution in [1.82, 2.24) is 4.98 Å². The average Bonchev–Trinajstić information content (AvgIpc) is 2.03. The van der Waals surface area contributed by atoms with Crippen LogP contribution in [-0.4, -0.2) is 16.7 Å². The van der Waals surface area contributed by atoms with Gasteiger partial charge < -0.3 is 10.8 Å². The number of rotatable bonds is 2. The molecule has 3 nitrogen and oxygen atoms in total. The molecule has 0 aliphatic rings. The van der Waals surface area contributed by atoms with Crippen molar-refractivity contribution in [2.45, 2.75) is 12.5 Å². The summed E-state index contributed by atoms with van der Waals surface area (Å²) in [6.07, 6.45) is 1.45. The van der Waals surface area contributed by atoms with Gasteiger partial charge in [-0.2, -0.15) is 0 Å². The smallest absolute Gasteiger partial charge is 0.0810 e. The highest BCUT2D eigenvalue weighted by atomic mass is 35.5. The van der Waals surface area contributed by atoms with Gasteiger partial charge >= 0.3 is 0 Å². The molecule has 0 fully saturated rings. The summed E-state index contributed by atoms with van der Waals surface area (Å²) in [5.74, 6) is 0. The van der Waals surface area contributed by atoms with E-state index in [2.05, 4.69) is 4.98 Å². The standard InChI is InChI=1S/C8H10Cl2N2O/c1-8(11,4-13)7-6(10)2-5(9)3-12-7/h2-3,13H,4,11H2,1H3. The Labute approximate surface area is 86.5 Å². The zero-order chi connectivity index (χ0) is 10.1. The van der Waals surface area contributed by atoms with E-state index in [1.165, 1.54) is 6.20 Å². The summed E-state index contributed by atoms with van der Waals surface area (Å²) in [7, 11) is 0. The first kappa shape index (κ1) is 10.7. The van der Waals surface area contributed by atoms with E-state index in [1.54, 1.807) is 13.0 Å². The van der Waals surface area contributed by atoms with Crippen LogP contribution in [0.5, 0.6) is 0 Å². The van der Waals surface area contributed by atoms with Gasteiger partial charge in [-0.25, -0.2) is 0 Å². The Hall–Kier alpha value is -0.350. The quantitative estimate of drug-likeness (QED) is 0.796. The zero-order valence-electron chi connectivity index (χ0n) is 7.09. The third-order valence-corrected chi connectivity index (χ3v) is 2.17. The van der Waals surface area contributed by atoms with Crippen molar-refractivity contribution in [2.24, 2.45) is 5.73 Å². The third kappa shape index (κ3) is 2.31. The number of nitrogens with zero attached hydrogens (tertiary/aromatic N) is 1. The number of hydrogen-bond acceptors (Lipinski definition) is 3. The number of aromatic nitrogens is 1. The molecule has 0 spiro atoms. The Bertz CT molecular complexity index is 315. The highest BCUT2D eigenvalue weighted by Crippen LogP contribution is 2.25.